The van der Waals surface area contributed by atoms with Gasteiger partial charge in [0.2, 0.25) is 0 Å². The average molecular weight is 309 g/mol. The van der Waals surface area contributed by atoms with Crippen LogP contribution >= 0.6 is 11.6 Å². The topological polar surface area (TPSA) is 55.2 Å². The molecule has 6 heteroatoms. The summed E-state index contributed by atoms with van der Waals surface area (Å²) >= 11 is 5.78. The Balaban J connectivity index is 2.04. The molecular formula is C15H14ClFN2O2. The Hall–Kier alpha value is -1.98. The lowest BCUT2D eigenvalue weighted by Crippen LogP contribution is -2.14. The number of nitrogens with zero attached hydrogens (tertiary/aromatic N) is 1. The van der Waals surface area contributed by atoms with Crippen molar-refractivity contribution in [1.29, 1.82) is 0 Å². The quantitative estimate of drug-likeness (QED) is 0.671. The number of nitro groups is 1. The van der Waals surface area contributed by atoms with Crippen LogP contribution in [0.2, 0.25) is 5.02 Å². The zero-order chi connectivity index (χ0) is 15.4. The van der Waals surface area contributed by atoms with E-state index >= 15 is 0 Å². The van der Waals surface area contributed by atoms with E-state index in [1.54, 1.807) is 19.1 Å². The van der Waals surface area contributed by atoms with Crippen LogP contribution in [-0.2, 0) is 13.1 Å². The van der Waals surface area contributed by atoms with Gasteiger partial charge < -0.3 is 5.32 Å². The van der Waals surface area contributed by atoms with Gasteiger partial charge in [0.15, 0.2) is 0 Å². The second-order valence-corrected chi connectivity index (χ2v) is 5.14. The first-order valence-corrected chi connectivity index (χ1v) is 6.73. The molecule has 0 aliphatic rings. The smallest absolute Gasteiger partial charge is 0.272 e. The van der Waals surface area contributed by atoms with Crippen LogP contribution in [0.25, 0.3) is 0 Å². The Morgan fingerprint density at radius 2 is 2.05 bits per heavy atom. The van der Waals surface area contributed by atoms with Crippen molar-refractivity contribution in [2.24, 2.45) is 0 Å². The molecular weight excluding hydrogens is 295 g/mol. The highest BCUT2D eigenvalue weighted by Gasteiger charge is 2.12. The van der Waals surface area contributed by atoms with Crippen molar-refractivity contribution in [3.63, 3.8) is 0 Å². The van der Waals surface area contributed by atoms with E-state index in [1.165, 1.54) is 18.2 Å². The predicted molar refractivity (Wildman–Crippen MR) is 79.8 cm³/mol. The second-order valence-electron chi connectivity index (χ2n) is 4.70. The summed E-state index contributed by atoms with van der Waals surface area (Å²) in [6.45, 7) is 2.61. The van der Waals surface area contributed by atoms with Gasteiger partial charge in [-0.05, 0) is 36.2 Å². The molecule has 0 aromatic heterocycles. The number of nitrogens with one attached hydrogen (secondary N) is 1. The lowest BCUT2D eigenvalue weighted by Gasteiger charge is -2.08. The zero-order valence-electron chi connectivity index (χ0n) is 11.4. The van der Waals surface area contributed by atoms with Gasteiger partial charge in [-0.3, -0.25) is 10.1 Å². The predicted octanol–water partition coefficient (Wildman–Crippen LogP) is 3.99. The number of rotatable bonds is 5. The van der Waals surface area contributed by atoms with Gasteiger partial charge in [0.05, 0.1) is 4.92 Å². The van der Waals surface area contributed by atoms with Gasteiger partial charge in [-0.2, -0.15) is 0 Å². The Labute approximate surface area is 126 Å². The van der Waals surface area contributed by atoms with Gasteiger partial charge >= 0.3 is 0 Å². The molecule has 1 N–H and O–H groups in total. The van der Waals surface area contributed by atoms with Crippen molar-refractivity contribution in [3.8, 4) is 0 Å². The molecule has 0 amide bonds. The Morgan fingerprint density at radius 1 is 1.29 bits per heavy atom. The van der Waals surface area contributed by atoms with Gasteiger partial charge in [0.1, 0.15) is 5.82 Å². The van der Waals surface area contributed by atoms with E-state index < -0.39 is 4.92 Å². The van der Waals surface area contributed by atoms with Crippen LogP contribution < -0.4 is 5.32 Å². The fourth-order valence-electron chi connectivity index (χ4n) is 2.11. The molecule has 2 rings (SSSR count). The van der Waals surface area contributed by atoms with Gasteiger partial charge in [-0.1, -0.05) is 23.7 Å². The molecule has 0 spiro atoms. The SMILES string of the molecule is Cc1c(CNCc2cc(F)cc(Cl)c2)cccc1[N+](=O)[O-]. The summed E-state index contributed by atoms with van der Waals surface area (Å²) in [5.74, 6) is -0.383. The standard InChI is InChI=1S/C15H14ClFN2O2/c1-10-12(3-2-4-15(10)19(20)21)9-18-8-11-5-13(16)7-14(17)6-11/h2-7,18H,8-9H2,1H3. The van der Waals surface area contributed by atoms with Crippen LogP contribution in [0.4, 0.5) is 10.1 Å². The summed E-state index contributed by atoms with van der Waals surface area (Å²) in [5, 5.41) is 14.4. The Kier molecular flexibility index (Phi) is 4.88. The van der Waals surface area contributed by atoms with Crippen molar-refractivity contribution in [2.45, 2.75) is 20.0 Å². The zero-order valence-corrected chi connectivity index (χ0v) is 12.2. The summed E-state index contributed by atoms with van der Waals surface area (Å²) in [6, 6.07) is 9.28. The maximum absolute atomic E-state index is 13.2. The fraction of sp³-hybridized carbons (Fsp3) is 0.200. The summed E-state index contributed by atoms with van der Waals surface area (Å²) in [6.07, 6.45) is 0. The number of nitro benzene ring substituents is 1. The van der Waals surface area contributed by atoms with Crippen LogP contribution in [-0.4, -0.2) is 4.92 Å². The molecule has 110 valence electrons. The van der Waals surface area contributed by atoms with E-state index in [2.05, 4.69) is 5.32 Å². The first-order chi connectivity index (χ1) is 9.97. The van der Waals surface area contributed by atoms with Crippen LogP contribution in [0.3, 0.4) is 0 Å². The highest BCUT2D eigenvalue weighted by Crippen LogP contribution is 2.21. The maximum Gasteiger partial charge on any atom is 0.272 e. The average Bonchev–Trinajstić information content (AvgIpc) is 2.39. The number of benzene rings is 2. The van der Waals surface area contributed by atoms with Gasteiger partial charge in [-0.15, -0.1) is 0 Å². The molecule has 0 atom stereocenters. The van der Waals surface area contributed by atoms with Crippen LogP contribution in [0.1, 0.15) is 16.7 Å². The minimum Gasteiger partial charge on any atom is -0.309 e. The van der Waals surface area contributed by atoms with E-state index in [4.69, 9.17) is 11.6 Å². The van der Waals surface area contributed by atoms with Crippen LogP contribution in [0.15, 0.2) is 36.4 Å². The van der Waals surface area contributed by atoms with Gasteiger partial charge in [0.25, 0.3) is 5.69 Å². The highest BCUT2D eigenvalue weighted by molar-refractivity contribution is 6.30. The van der Waals surface area contributed by atoms with E-state index in [-0.39, 0.29) is 11.5 Å². The largest absolute Gasteiger partial charge is 0.309 e. The van der Waals surface area contributed by atoms with Crippen LogP contribution in [0, 0.1) is 22.9 Å². The third kappa shape index (κ3) is 4.00. The summed E-state index contributed by atoms with van der Waals surface area (Å²) in [7, 11) is 0. The molecule has 0 saturated heterocycles. The summed E-state index contributed by atoms with van der Waals surface area (Å²) in [5.41, 5.74) is 2.30. The van der Waals surface area contributed by atoms with E-state index in [0.717, 1.165) is 11.1 Å². The van der Waals surface area contributed by atoms with Crippen molar-refractivity contribution < 1.29 is 9.31 Å². The molecule has 0 aliphatic heterocycles. The van der Waals surface area contributed by atoms with E-state index in [0.29, 0.717) is 23.7 Å². The molecule has 2 aromatic carbocycles. The molecule has 4 nitrogen and oxygen atoms in total. The highest BCUT2D eigenvalue weighted by atomic mass is 35.5. The molecule has 0 saturated carbocycles. The van der Waals surface area contributed by atoms with E-state index in [1.807, 2.05) is 6.07 Å². The summed E-state index contributed by atoms with van der Waals surface area (Å²) in [4.78, 5) is 10.5. The van der Waals surface area contributed by atoms with Crippen molar-refractivity contribution in [3.05, 3.63) is 74.0 Å². The van der Waals surface area contributed by atoms with Crippen molar-refractivity contribution in [2.75, 3.05) is 0 Å². The number of hydrogen-bond acceptors (Lipinski definition) is 3. The lowest BCUT2D eigenvalue weighted by molar-refractivity contribution is -0.385. The summed E-state index contributed by atoms with van der Waals surface area (Å²) < 4.78 is 13.2. The Morgan fingerprint density at radius 3 is 2.71 bits per heavy atom. The van der Waals surface area contributed by atoms with E-state index in [9.17, 15) is 14.5 Å². The van der Waals surface area contributed by atoms with Gasteiger partial charge in [-0.25, -0.2) is 4.39 Å². The monoisotopic (exact) mass is 308 g/mol. The number of halogens is 2. The Bertz CT molecular complexity index is 656. The first kappa shape index (κ1) is 15.4. The minimum atomic E-state index is -0.398. The second kappa shape index (κ2) is 6.65. The number of hydrogen-bond donors (Lipinski definition) is 1. The molecule has 0 fully saturated rings. The molecule has 0 radical (unpaired) electrons. The van der Waals surface area contributed by atoms with Gasteiger partial charge in [0, 0.05) is 29.7 Å². The third-order valence-electron chi connectivity index (χ3n) is 3.18. The van der Waals surface area contributed by atoms with Crippen molar-refractivity contribution >= 4 is 17.3 Å². The first-order valence-electron chi connectivity index (χ1n) is 6.36. The molecule has 21 heavy (non-hydrogen) atoms. The van der Waals surface area contributed by atoms with Crippen molar-refractivity contribution in [1.82, 2.24) is 5.32 Å². The third-order valence-corrected chi connectivity index (χ3v) is 3.40. The molecule has 0 bridgehead atoms. The maximum atomic E-state index is 13.2. The molecule has 0 unspecified atom stereocenters. The molecule has 2 aromatic rings. The minimum absolute atomic E-state index is 0.100. The lowest BCUT2D eigenvalue weighted by atomic mass is 10.1. The van der Waals surface area contributed by atoms with Crippen LogP contribution in [0.5, 0.6) is 0 Å². The molecule has 0 heterocycles. The normalized spacial score (nSPS) is 10.6. The fourth-order valence-corrected chi connectivity index (χ4v) is 2.36. The molecule has 0 aliphatic carbocycles.